The van der Waals surface area contributed by atoms with Gasteiger partial charge in [-0.15, -0.1) is 0 Å². The van der Waals surface area contributed by atoms with E-state index in [9.17, 15) is 24.9 Å². The largest absolute Gasteiger partial charge is 0.463 e. The summed E-state index contributed by atoms with van der Waals surface area (Å²) in [6.07, 6.45) is -8.55. The van der Waals surface area contributed by atoms with Crippen LogP contribution in [0, 0.1) is 11.8 Å². The number of esters is 1. The van der Waals surface area contributed by atoms with Crippen molar-refractivity contribution in [1.29, 1.82) is 0 Å². The van der Waals surface area contributed by atoms with Gasteiger partial charge < -0.3 is 48.5 Å². The van der Waals surface area contributed by atoms with Gasteiger partial charge in [-0.05, 0) is 26.7 Å². The zero-order chi connectivity index (χ0) is 25.2. The predicted molar refractivity (Wildman–Crippen MR) is 115 cm³/mol. The number of fused-ring (bicyclic) bond motifs is 2. The Labute approximate surface area is 199 Å². The molecule has 3 aliphatic heterocycles. The van der Waals surface area contributed by atoms with Gasteiger partial charge in [-0.2, -0.15) is 0 Å². The van der Waals surface area contributed by atoms with Crippen LogP contribution in [0.2, 0.25) is 0 Å². The van der Waals surface area contributed by atoms with E-state index in [4.69, 9.17) is 28.4 Å². The maximum atomic E-state index is 11.9. The molecule has 11 nitrogen and oxygen atoms in total. The fourth-order valence-electron chi connectivity index (χ4n) is 4.65. The maximum absolute atomic E-state index is 11.9. The molecule has 3 rings (SSSR count). The van der Waals surface area contributed by atoms with Gasteiger partial charge in [0, 0.05) is 12.3 Å². The molecule has 0 aromatic heterocycles. The first-order chi connectivity index (χ1) is 16.0. The molecule has 34 heavy (non-hydrogen) atoms. The number of carbonyl (C=O) groups excluding carboxylic acids is 2. The Morgan fingerprint density at radius 2 is 1.68 bits per heavy atom. The summed E-state index contributed by atoms with van der Waals surface area (Å²) in [5.74, 6) is -1.47. The molecular weight excluding hydrogens is 452 g/mol. The van der Waals surface area contributed by atoms with E-state index in [1.54, 1.807) is 0 Å². The van der Waals surface area contributed by atoms with Gasteiger partial charge in [0.2, 0.25) is 0 Å². The van der Waals surface area contributed by atoms with E-state index >= 15 is 0 Å². The highest BCUT2D eigenvalue weighted by Gasteiger charge is 2.55. The lowest BCUT2D eigenvalue weighted by atomic mass is 9.80. The normalized spacial score (nSPS) is 40.1. The van der Waals surface area contributed by atoms with Crippen molar-refractivity contribution in [3.8, 4) is 0 Å². The van der Waals surface area contributed by atoms with Crippen molar-refractivity contribution in [2.75, 3.05) is 13.2 Å². The molecule has 3 aliphatic rings. The first-order valence-corrected chi connectivity index (χ1v) is 11.9. The highest BCUT2D eigenvalue weighted by Crippen LogP contribution is 2.37. The average molecular weight is 491 g/mol. The number of Topliss-reactive ketones (excluding diaryl/α,β-unsaturated/α-hetero) is 1. The second-order valence-corrected chi connectivity index (χ2v) is 9.85. The highest BCUT2D eigenvalue weighted by atomic mass is 16.8. The smallest absolute Gasteiger partial charge is 0.306 e. The van der Waals surface area contributed by atoms with Crippen molar-refractivity contribution in [3.05, 3.63) is 0 Å². The monoisotopic (exact) mass is 490 g/mol. The molecule has 10 atom stereocenters. The van der Waals surface area contributed by atoms with Crippen LogP contribution >= 0.6 is 0 Å². The summed E-state index contributed by atoms with van der Waals surface area (Å²) < 4.78 is 34.2. The lowest BCUT2D eigenvalue weighted by Crippen LogP contribution is -2.61. The summed E-state index contributed by atoms with van der Waals surface area (Å²) in [5, 5.41) is 32.4. The molecule has 0 aromatic carbocycles. The van der Waals surface area contributed by atoms with E-state index < -0.39 is 67.2 Å². The Morgan fingerprint density at radius 3 is 2.29 bits per heavy atom. The Kier molecular flexibility index (Phi) is 9.43. The van der Waals surface area contributed by atoms with Crippen LogP contribution in [0.1, 0.15) is 47.5 Å². The number of aliphatic hydroxyl groups excluding tert-OH is 3. The summed E-state index contributed by atoms with van der Waals surface area (Å²) in [6, 6.07) is 0. The standard InChI is InChI=1S/C23H38O11/c1-10(2)16-17(26)13(8-29-15(25)7-6-12(5)24)32-22(18(16)27)34-20-14-9-30-21(20)19(28)23(33-14)31-11(3)4/h10-11,13-14,16-23,26-28H,6-9H2,1-5H3/t13?,14-,16+,17+,18?,19?,20-,21?,22+,23-/m1/s1. The lowest BCUT2D eigenvalue weighted by Gasteiger charge is -2.46. The molecule has 3 heterocycles. The molecule has 3 N–H and O–H groups in total. The molecule has 2 bridgehead atoms. The van der Waals surface area contributed by atoms with Gasteiger partial charge in [0.05, 0.1) is 25.2 Å². The van der Waals surface area contributed by atoms with E-state index in [1.807, 2.05) is 27.7 Å². The number of carbonyl (C=O) groups is 2. The summed E-state index contributed by atoms with van der Waals surface area (Å²) >= 11 is 0. The minimum atomic E-state index is -1.18. The number of ketones is 1. The van der Waals surface area contributed by atoms with Crippen molar-refractivity contribution in [1.82, 2.24) is 0 Å². The first kappa shape index (κ1) is 27.4. The topological polar surface area (TPSA) is 150 Å². The van der Waals surface area contributed by atoms with Crippen LogP contribution in [0.3, 0.4) is 0 Å². The fraction of sp³-hybridized carbons (Fsp3) is 0.913. The van der Waals surface area contributed by atoms with Crippen LogP contribution in [0.5, 0.6) is 0 Å². The third-order valence-corrected chi connectivity index (χ3v) is 6.38. The Morgan fingerprint density at radius 1 is 0.971 bits per heavy atom. The second-order valence-electron chi connectivity index (χ2n) is 9.85. The quantitative estimate of drug-likeness (QED) is 0.353. The number of rotatable bonds is 10. The molecule has 0 spiro atoms. The summed E-state index contributed by atoms with van der Waals surface area (Å²) in [5.41, 5.74) is 0. The molecule has 0 radical (unpaired) electrons. The first-order valence-electron chi connectivity index (χ1n) is 11.9. The fourth-order valence-corrected chi connectivity index (χ4v) is 4.65. The van der Waals surface area contributed by atoms with Gasteiger partial charge >= 0.3 is 5.97 Å². The molecule has 4 unspecified atom stereocenters. The van der Waals surface area contributed by atoms with Crippen molar-refractivity contribution in [2.45, 2.75) is 109 Å². The summed E-state index contributed by atoms with van der Waals surface area (Å²) in [7, 11) is 0. The van der Waals surface area contributed by atoms with Gasteiger partial charge in [-0.25, -0.2) is 0 Å². The van der Waals surface area contributed by atoms with Crippen LogP contribution in [-0.4, -0.2) is 102 Å². The minimum Gasteiger partial charge on any atom is -0.463 e. The number of hydrogen-bond donors (Lipinski definition) is 3. The predicted octanol–water partition coefficient (Wildman–Crippen LogP) is -0.0875. The molecule has 11 heteroatoms. The van der Waals surface area contributed by atoms with E-state index in [0.717, 1.165) is 0 Å². The number of aliphatic hydroxyl groups is 3. The Balaban J connectivity index is 1.67. The summed E-state index contributed by atoms with van der Waals surface area (Å²) in [6.45, 7) is 8.67. The van der Waals surface area contributed by atoms with E-state index in [0.29, 0.717) is 0 Å². The molecule has 0 saturated carbocycles. The van der Waals surface area contributed by atoms with E-state index in [1.165, 1.54) is 6.92 Å². The Bertz CT molecular complexity index is 698. The zero-order valence-electron chi connectivity index (χ0n) is 20.4. The Hall–Kier alpha value is -1.18. The molecule has 0 aromatic rings. The van der Waals surface area contributed by atoms with E-state index in [2.05, 4.69) is 0 Å². The van der Waals surface area contributed by atoms with Crippen molar-refractivity contribution < 1.29 is 53.3 Å². The molecule has 196 valence electrons. The summed E-state index contributed by atoms with van der Waals surface area (Å²) in [4.78, 5) is 23.0. The zero-order valence-corrected chi connectivity index (χ0v) is 20.4. The van der Waals surface area contributed by atoms with Crippen molar-refractivity contribution >= 4 is 11.8 Å². The molecular formula is C23H38O11. The SMILES string of the molecule is CC(=O)CCC(=O)OCC1O[C@@H](O[C@H]2C3OC[C@H]2O[C@@H](OC(C)C)C3O)C(O)[C@@H](C(C)C)[C@H]1O. The van der Waals surface area contributed by atoms with Crippen LogP contribution < -0.4 is 0 Å². The minimum absolute atomic E-state index is 0.0636. The van der Waals surface area contributed by atoms with E-state index in [-0.39, 0.29) is 43.9 Å². The lowest BCUT2D eigenvalue weighted by molar-refractivity contribution is -0.339. The van der Waals surface area contributed by atoms with Crippen LogP contribution in [0.4, 0.5) is 0 Å². The molecule has 3 saturated heterocycles. The van der Waals surface area contributed by atoms with Crippen LogP contribution in [0.25, 0.3) is 0 Å². The molecule has 3 fully saturated rings. The van der Waals surface area contributed by atoms with Gasteiger partial charge in [0.15, 0.2) is 12.6 Å². The molecule has 0 amide bonds. The average Bonchev–Trinajstić information content (AvgIpc) is 3.05. The van der Waals surface area contributed by atoms with Gasteiger partial charge in [-0.1, -0.05) is 13.8 Å². The highest BCUT2D eigenvalue weighted by molar-refractivity contribution is 5.80. The number of ether oxygens (including phenoxy) is 6. The van der Waals surface area contributed by atoms with Gasteiger partial charge in [-0.3, -0.25) is 4.79 Å². The molecule has 0 aliphatic carbocycles. The van der Waals surface area contributed by atoms with Gasteiger partial charge in [0.1, 0.15) is 49.0 Å². The van der Waals surface area contributed by atoms with Crippen molar-refractivity contribution in [2.24, 2.45) is 11.8 Å². The van der Waals surface area contributed by atoms with Crippen LogP contribution in [0.15, 0.2) is 0 Å². The third kappa shape index (κ3) is 6.33. The third-order valence-electron chi connectivity index (χ3n) is 6.38. The van der Waals surface area contributed by atoms with Crippen molar-refractivity contribution in [3.63, 3.8) is 0 Å². The van der Waals surface area contributed by atoms with Gasteiger partial charge in [0.25, 0.3) is 0 Å². The van der Waals surface area contributed by atoms with Crippen LogP contribution in [-0.2, 0) is 38.0 Å². The maximum Gasteiger partial charge on any atom is 0.306 e. The number of hydrogen-bond acceptors (Lipinski definition) is 11. The second kappa shape index (κ2) is 11.7.